The van der Waals surface area contributed by atoms with Crippen LogP contribution in [0.1, 0.15) is 37.7 Å². The predicted molar refractivity (Wildman–Crippen MR) is 102 cm³/mol. The minimum Gasteiger partial charge on any atom is -0.363 e. The number of carbonyl (C=O) groups excluding carboxylic acids is 1. The van der Waals surface area contributed by atoms with Crippen LogP contribution in [0.2, 0.25) is 0 Å². The molecule has 2 heterocycles. The van der Waals surface area contributed by atoms with E-state index in [2.05, 4.69) is 52.7 Å². The van der Waals surface area contributed by atoms with E-state index in [9.17, 15) is 4.79 Å². The molecular formula is C22H26N2O2. The molecule has 136 valence electrons. The molecular weight excluding hydrogens is 324 g/mol. The first-order valence-electron chi connectivity index (χ1n) is 9.94. The van der Waals surface area contributed by atoms with E-state index < -0.39 is 0 Å². The van der Waals surface area contributed by atoms with Gasteiger partial charge in [-0.2, -0.15) is 0 Å². The zero-order chi connectivity index (χ0) is 17.5. The summed E-state index contributed by atoms with van der Waals surface area (Å²) in [6, 6.07) is 16.0. The molecule has 1 N–H and O–H groups in total. The lowest BCUT2D eigenvalue weighted by Crippen LogP contribution is -2.48. The van der Waals surface area contributed by atoms with E-state index in [1.165, 1.54) is 16.3 Å². The molecule has 1 saturated carbocycles. The van der Waals surface area contributed by atoms with E-state index in [-0.39, 0.29) is 18.1 Å². The molecule has 2 aliphatic heterocycles. The SMILES string of the molecule is O=C(NC1CC1)[C@@H]1CC[C@@H]2[C@@H](CCN2Cc2cccc3ccccc23)O1. The lowest BCUT2D eigenvalue weighted by molar-refractivity contribution is -0.144. The number of benzene rings is 2. The Morgan fingerprint density at radius 3 is 2.77 bits per heavy atom. The van der Waals surface area contributed by atoms with Crippen LogP contribution in [0.25, 0.3) is 10.8 Å². The zero-order valence-electron chi connectivity index (χ0n) is 15.1. The fourth-order valence-corrected chi connectivity index (χ4v) is 4.57. The number of fused-ring (bicyclic) bond motifs is 2. The molecule has 4 heteroatoms. The van der Waals surface area contributed by atoms with Crippen molar-refractivity contribution in [3.8, 4) is 0 Å². The highest BCUT2D eigenvalue weighted by molar-refractivity contribution is 5.85. The summed E-state index contributed by atoms with van der Waals surface area (Å²) in [7, 11) is 0. The molecule has 4 nitrogen and oxygen atoms in total. The van der Waals surface area contributed by atoms with Crippen LogP contribution in [-0.4, -0.2) is 41.6 Å². The van der Waals surface area contributed by atoms with Crippen molar-refractivity contribution in [3.63, 3.8) is 0 Å². The van der Waals surface area contributed by atoms with Crippen molar-refractivity contribution in [1.82, 2.24) is 10.2 Å². The van der Waals surface area contributed by atoms with Crippen molar-refractivity contribution in [2.24, 2.45) is 0 Å². The maximum atomic E-state index is 12.3. The van der Waals surface area contributed by atoms with Gasteiger partial charge in [-0.05, 0) is 48.4 Å². The Bertz CT molecular complexity index is 811. The van der Waals surface area contributed by atoms with Gasteiger partial charge in [0.05, 0.1) is 6.10 Å². The van der Waals surface area contributed by atoms with Crippen LogP contribution in [0.5, 0.6) is 0 Å². The number of hydrogen-bond acceptors (Lipinski definition) is 3. The van der Waals surface area contributed by atoms with Crippen LogP contribution < -0.4 is 5.32 Å². The number of likely N-dealkylation sites (tertiary alicyclic amines) is 1. The van der Waals surface area contributed by atoms with Crippen molar-refractivity contribution in [2.75, 3.05) is 6.54 Å². The van der Waals surface area contributed by atoms with Gasteiger partial charge in [0, 0.05) is 25.2 Å². The van der Waals surface area contributed by atoms with Crippen LogP contribution in [0, 0.1) is 0 Å². The maximum Gasteiger partial charge on any atom is 0.249 e. The zero-order valence-corrected chi connectivity index (χ0v) is 15.1. The Labute approximate surface area is 154 Å². The highest BCUT2D eigenvalue weighted by Gasteiger charge is 2.42. The molecule has 5 rings (SSSR count). The second-order valence-electron chi connectivity index (χ2n) is 7.99. The lowest BCUT2D eigenvalue weighted by Gasteiger charge is -2.35. The Hall–Kier alpha value is -1.91. The number of amides is 1. The molecule has 2 aromatic carbocycles. The summed E-state index contributed by atoms with van der Waals surface area (Å²) < 4.78 is 6.20. The van der Waals surface area contributed by atoms with Gasteiger partial charge in [-0.15, -0.1) is 0 Å². The molecule has 0 spiro atoms. The highest BCUT2D eigenvalue weighted by Crippen LogP contribution is 2.34. The van der Waals surface area contributed by atoms with E-state index in [1.54, 1.807) is 0 Å². The topological polar surface area (TPSA) is 41.6 Å². The molecule has 2 aromatic rings. The van der Waals surface area contributed by atoms with E-state index in [0.29, 0.717) is 12.1 Å². The molecule has 0 radical (unpaired) electrons. The lowest BCUT2D eigenvalue weighted by atomic mass is 9.98. The third-order valence-corrected chi connectivity index (χ3v) is 6.13. The van der Waals surface area contributed by atoms with Gasteiger partial charge in [-0.1, -0.05) is 42.5 Å². The van der Waals surface area contributed by atoms with Gasteiger partial charge in [0.2, 0.25) is 5.91 Å². The van der Waals surface area contributed by atoms with E-state index in [1.807, 2.05) is 0 Å². The maximum absolute atomic E-state index is 12.3. The largest absolute Gasteiger partial charge is 0.363 e. The number of hydrogen-bond donors (Lipinski definition) is 1. The van der Waals surface area contributed by atoms with Gasteiger partial charge in [0.15, 0.2) is 0 Å². The minimum absolute atomic E-state index is 0.110. The average molecular weight is 350 g/mol. The van der Waals surface area contributed by atoms with Gasteiger partial charge in [-0.25, -0.2) is 0 Å². The number of ether oxygens (including phenoxy) is 1. The number of carbonyl (C=O) groups is 1. The van der Waals surface area contributed by atoms with Crippen LogP contribution in [0.3, 0.4) is 0 Å². The quantitative estimate of drug-likeness (QED) is 0.920. The first-order chi connectivity index (χ1) is 12.8. The van der Waals surface area contributed by atoms with Crippen molar-refractivity contribution >= 4 is 16.7 Å². The second kappa shape index (κ2) is 6.67. The molecule has 3 aliphatic rings. The standard InChI is InChI=1S/C22H26N2O2/c25-22(23-17-8-9-17)21-11-10-19-20(26-21)12-13-24(19)14-16-6-3-5-15-4-1-2-7-18(15)16/h1-7,17,19-21H,8-14H2,(H,23,25)/t19-,20-,21+/m1/s1. The molecule has 1 amide bonds. The van der Waals surface area contributed by atoms with Gasteiger partial charge in [-0.3, -0.25) is 9.69 Å². The van der Waals surface area contributed by atoms with Gasteiger partial charge in [0.1, 0.15) is 6.10 Å². The van der Waals surface area contributed by atoms with Gasteiger partial charge in [0.25, 0.3) is 0 Å². The summed E-state index contributed by atoms with van der Waals surface area (Å²) in [4.78, 5) is 14.9. The Kier molecular flexibility index (Phi) is 4.18. The Morgan fingerprint density at radius 1 is 1.04 bits per heavy atom. The smallest absolute Gasteiger partial charge is 0.249 e. The Morgan fingerprint density at radius 2 is 1.88 bits per heavy atom. The van der Waals surface area contributed by atoms with Crippen molar-refractivity contribution in [3.05, 3.63) is 48.0 Å². The predicted octanol–water partition coefficient (Wildman–Crippen LogP) is 3.24. The third kappa shape index (κ3) is 3.12. The molecule has 0 aromatic heterocycles. The summed E-state index contributed by atoms with van der Waals surface area (Å²) in [5, 5.41) is 5.74. The van der Waals surface area contributed by atoms with Crippen LogP contribution >= 0.6 is 0 Å². The minimum atomic E-state index is -0.241. The summed E-state index contributed by atoms with van der Waals surface area (Å²) in [6.45, 7) is 2.01. The molecule has 3 fully saturated rings. The number of nitrogens with one attached hydrogen (secondary N) is 1. The van der Waals surface area contributed by atoms with Crippen LogP contribution in [0.4, 0.5) is 0 Å². The first-order valence-corrected chi connectivity index (χ1v) is 9.94. The Balaban J connectivity index is 1.27. The summed E-state index contributed by atoms with van der Waals surface area (Å²) in [5.74, 6) is 0.110. The van der Waals surface area contributed by atoms with Crippen LogP contribution in [-0.2, 0) is 16.1 Å². The second-order valence-corrected chi connectivity index (χ2v) is 7.99. The molecule has 26 heavy (non-hydrogen) atoms. The summed E-state index contributed by atoms with van der Waals surface area (Å²) in [5.41, 5.74) is 1.39. The fraction of sp³-hybridized carbons (Fsp3) is 0.500. The highest BCUT2D eigenvalue weighted by atomic mass is 16.5. The van der Waals surface area contributed by atoms with Gasteiger partial charge < -0.3 is 10.1 Å². The van der Waals surface area contributed by atoms with Crippen molar-refractivity contribution in [2.45, 2.75) is 62.9 Å². The van der Waals surface area contributed by atoms with E-state index >= 15 is 0 Å². The first kappa shape index (κ1) is 16.3. The average Bonchev–Trinajstić information content (AvgIpc) is 3.40. The number of rotatable bonds is 4. The monoisotopic (exact) mass is 350 g/mol. The normalized spacial score (nSPS) is 28.8. The van der Waals surface area contributed by atoms with Crippen molar-refractivity contribution in [1.29, 1.82) is 0 Å². The van der Waals surface area contributed by atoms with Gasteiger partial charge >= 0.3 is 0 Å². The van der Waals surface area contributed by atoms with E-state index in [0.717, 1.165) is 45.2 Å². The van der Waals surface area contributed by atoms with Crippen LogP contribution in [0.15, 0.2) is 42.5 Å². The molecule has 0 bridgehead atoms. The summed E-state index contributed by atoms with van der Waals surface area (Å²) >= 11 is 0. The molecule has 3 atom stereocenters. The molecule has 2 saturated heterocycles. The third-order valence-electron chi connectivity index (χ3n) is 6.13. The number of nitrogens with zero attached hydrogens (tertiary/aromatic N) is 1. The van der Waals surface area contributed by atoms with Crippen molar-refractivity contribution < 1.29 is 9.53 Å². The fourth-order valence-electron chi connectivity index (χ4n) is 4.57. The summed E-state index contributed by atoms with van der Waals surface area (Å²) in [6.07, 6.45) is 5.14. The molecule has 0 unspecified atom stereocenters. The van der Waals surface area contributed by atoms with E-state index in [4.69, 9.17) is 4.74 Å². The molecule has 1 aliphatic carbocycles.